The van der Waals surface area contributed by atoms with E-state index in [9.17, 15) is 0 Å². The fourth-order valence-corrected chi connectivity index (χ4v) is 2.34. The van der Waals surface area contributed by atoms with Crippen LogP contribution in [0.5, 0.6) is 0 Å². The fraction of sp³-hybridized carbons (Fsp3) is 0.875. The summed E-state index contributed by atoms with van der Waals surface area (Å²) >= 11 is 8.55. The van der Waals surface area contributed by atoms with E-state index in [2.05, 4.69) is 66.4 Å². The topological polar surface area (TPSA) is 0 Å². The Balaban J connectivity index is 0. The van der Waals surface area contributed by atoms with E-state index in [1.54, 1.807) is 0 Å². The number of halogens is 2. The van der Waals surface area contributed by atoms with E-state index < -0.39 is 0 Å². The lowest BCUT2D eigenvalue weighted by atomic mass is 9.73. The third-order valence-corrected chi connectivity index (χ3v) is 4.62. The second-order valence-electron chi connectivity index (χ2n) is 4.29. The summed E-state index contributed by atoms with van der Waals surface area (Å²) in [4.78, 5) is -0.117. The lowest BCUT2D eigenvalue weighted by molar-refractivity contribution is 0.367. The maximum atomic E-state index is 6.18. The van der Waals surface area contributed by atoms with Gasteiger partial charge in [0.05, 0.1) is 0 Å². The summed E-state index contributed by atoms with van der Waals surface area (Å²) in [6.45, 7) is 10.6. The molecular formula is C8H18BClIP-. The first-order valence-electron chi connectivity index (χ1n) is 3.96. The minimum atomic E-state index is -0.117. The van der Waals surface area contributed by atoms with Crippen molar-refractivity contribution in [3.63, 3.8) is 0 Å². The van der Waals surface area contributed by atoms with Crippen LogP contribution in [0.3, 0.4) is 0 Å². The molecular weight excluding hydrogens is 300 g/mol. The van der Waals surface area contributed by atoms with Gasteiger partial charge in [0, 0.05) is 6.30 Å². The summed E-state index contributed by atoms with van der Waals surface area (Å²) in [5, 5.41) is 0. The summed E-state index contributed by atoms with van der Waals surface area (Å²) in [5.74, 6) is 0. The lowest BCUT2D eigenvalue weighted by Gasteiger charge is -2.45. The normalized spacial score (nSPS) is 13.7. The van der Waals surface area contributed by atoms with Crippen molar-refractivity contribution in [2.75, 3.05) is 0 Å². The third kappa shape index (κ3) is 5.29. The smallest absolute Gasteiger partial charge is 0.0371 e. The predicted molar refractivity (Wildman–Crippen MR) is 73.2 cm³/mol. The Kier molecular flexibility index (Phi) is 5.45. The quantitative estimate of drug-likeness (QED) is 0.241. The Bertz CT molecular complexity index is 150. The molecule has 0 bridgehead atoms. The number of rotatable bonds is 4. The maximum absolute atomic E-state index is 6.18. The van der Waals surface area contributed by atoms with Crippen LogP contribution in [0, 0.1) is 9.24 Å². The SMILES string of the molecule is CC(C)(Cl)CC(C)(C)[C-](I)[B]P.[HH]. The molecule has 1 atom stereocenters. The van der Waals surface area contributed by atoms with Crippen LogP contribution < -0.4 is 0 Å². The molecule has 0 amide bonds. The first-order valence-corrected chi connectivity index (χ1v) is 6.08. The molecule has 0 aromatic heterocycles. The molecule has 0 saturated heterocycles. The number of hydrogen-bond acceptors (Lipinski definition) is 0. The Labute approximate surface area is 99.6 Å². The molecule has 0 aromatic rings. The van der Waals surface area contributed by atoms with Gasteiger partial charge in [-0.15, -0.1) is 11.6 Å². The van der Waals surface area contributed by atoms with Gasteiger partial charge in [0.1, 0.15) is 0 Å². The molecule has 0 aliphatic heterocycles. The zero-order valence-corrected chi connectivity index (χ0v) is 12.2. The first kappa shape index (κ1) is 13.5. The Morgan fingerprint density at radius 2 is 1.92 bits per heavy atom. The number of hydrogen-bond donors (Lipinski definition) is 0. The van der Waals surface area contributed by atoms with Crippen LogP contribution in [0.1, 0.15) is 35.5 Å². The highest BCUT2D eigenvalue weighted by molar-refractivity contribution is 14.1. The van der Waals surface area contributed by atoms with E-state index in [0.29, 0.717) is 0 Å². The summed E-state index contributed by atoms with van der Waals surface area (Å²) in [5.41, 5.74) is 0.188. The van der Waals surface area contributed by atoms with Crippen LogP contribution in [0.2, 0.25) is 0 Å². The van der Waals surface area contributed by atoms with Crippen molar-refractivity contribution in [3.05, 3.63) is 3.82 Å². The van der Waals surface area contributed by atoms with Crippen molar-refractivity contribution in [3.8, 4) is 0 Å². The van der Waals surface area contributed by atoms with Gasteiger partial charge in [-0.2, -0.15) is 5.41 Å². The van der Waals surface area contributed by atoms with Crippen LogP contribution in [0.15, 0.2) is 0 Å². The summed E-state index contributed by atoms with van der Waals surface area (Å²) < 4.78 is 1.35. The van der Waals surface area contributed by atoms with Gasteiger partial charge in [0.15, 0.2) is 0 Å². The highest BCUT2D eigenvalue weighted by Crippen LogP contribution is 2.42. The molecule has 0 aliphatic rings. The Hall–Kier alpha value is 1.51. The van der Waals surface area contributed by atoms with Crippen LogP contribution in [-0.4, -0.2) is 11.9 Å². The fourth-order valence-electron chi connectivity index (χ4n) is 1.36. The zero-order valence-electron chi connectivity index (χ0n) is 8.12. The second kappa shape index (κ2) is 4.84. The van der Waals surface area contributed by atoms with Crippen LogP contribution in [0.25, 0.3) is 0 Å². The number of alkyl halides is 1. The maximum Gasteiger partial charge on any atom is 0.0371 e. The highest BCUT2D eigenvalue weighted by atomic mass is 127. The molecule has 1 radical (unpaired) electrons. The average molecular weight is 318 g/mol. The van der Waals surface area contributed by atoms with Crippen LogP contribution >= 0.6 is 43.3 Å². The molecule has 0 N–H and O–H groups in total. The van der Waals surface area contributed by atoms with E-state index in [1.807, 2.05) is 0 Å². The van der Waals surface area contributed by atoms with E-state index >= 15 is 0 Å². The van der Waals surface area contributed by atoms with Gasteiger partial charge in [-0.05, 0) is 20.8 Å². The first-order chi connectivity index (χ1) is 5.19. The minimum Gasteiger partial charge on any atom is -0.318 e. The zero-order chi connectivity index (χ0) is 9.99. The van der Waals surface area contributed by atoms with Crippen molar-refractivity contribution in [1.29, 1.82) is 0 Å². The van der Waals surface area contributed by atoms with Crippen molar-refractivity contribution in [2.45, 2.75) is 39.0 Å². The van der Waals surface area contributed by atoms with Crippen LogP contribution in [0.4, 0.5) is 0 Å². The van der Waals surface area contributed by atoms with Crippen molar-refractivity contribution >= 4 is 50.3 Å². The van der Waals surface area contributed by atoms with Gasteiger partial charge in [0.25, 0.3) is 0 Å². The van der Waals surface area contributed by atoms with Crippen molar-refractivity contribution < 1.29 is 1.43 Å². The highest BCUT2D eigenvalue weighted by Gasteiger charge is 2.23. The van der Waals surface area contributed by atoms with Gasteiger partial charge >= 0.3 is 0 Å². The van der Waals surface area contributed by atoms with Crippen molar-refractivity contribution in [1.82, 2.24) is 0 Å². The summed E-state index contributed by atoms with van der Waals surface area (Å²) in [6.07, 6.45) is 0.991. The van der Waals surface area contributed by atoms with E-state index in [-0.39, 0.29) is 11.7 Å². The molecule has 0 fully saturated rings. The third-order valence-electron chi connectivity index (χ3n) is 1.66. The van der Waals surface area contributed by atoms with Crippen LogP contribution in [-0.2, 0) is 0 Å². The average Bonchev–Trinajstić information content (AvgIpc) is 1.80. The van der Waals surface area contributed by atoms with Crippen molar-refractivity contribution in [2.24, 2.45) is 5.41 Å². The van der Waals surface area contributed by atoms with Gasteiger partial charge < -0.3 is 22.6 Å². The molecule has 0 heterocycles. The molecule has 0 spiro atoms. The van der Waals surface area contributed by atoms with Gasteiger partial charge in [-0.25, -0.2) is 9.12 Å². The van der Waals surface area contributed by atoms with Gasteiger partial charge in [-0.3, -0.25) is 3.82 Å². The van der Waals surface area contributed by atoms with Gasteiger partial charge in [-0.1, -0.05) is 20.3 Å². The molecule has 4 heteroatoms. The monoisotopic (exact) mass is 318 g/mol. The van der Waals surface area contributed by atoms with Gasteiger partial charge in [0.2, 0.25) is 0 Å². The minimum absolute atomic E-state index is 0. The molecule has 0 aliphatic carbocycles. The predicted octanol–water partition coefficient (Wildman–Crippen LogP) is 4.08. The largest absolute Gasteiger partial charge is 0.318 e. The Morgan fingerprint density at radius 3 is 2.17 bits per heavy atom. The standard InChI is InChI=1S/C8H16BClIP.H2/c1-7(2,6(11)9-12)5-8(3,4)10;/h5,12H2,1-4H3;1H/q-1;. The van der Waals surface area contributed by atoms with E-state index in [1.165, 1.54) is 3.82 Å². The lowest BCUT2D eigenvalue weighted by Crippen LogP contribution is -2.28. The van der Waals surface area contributed by atoms with E-state index in [0.717, 1.165) is 6.42 Å². The molecule has 0 aromatic carbocycles. The summed E-state index contributed by atoms with van der Waals surface area (Å²) in [6, 6.07) is 0. The molecule has 0 rings (SSSR count). The molecule has 73 valence electrons. The second-order valence-corrected chi connectivity index (χ2v) is 6.81. The molecule has 1 unspecified atom stereocenters. The summed E-state index contributed by atoms with van der Waals surface area (Å²) in [7, 11) is 2.64. The molecule has 0 nitrogen and oxygen atoms in total. The van der Waals surface area contributed by atoms with E-state index in [4.69, 9.17) is 11.6 Å². The Morgan fingerprint density at radius 1 is 1.50 bits per heavy atom. The molecule has 0 saturated carbocycles. The molecule has 12 heavy (non-hydrogen) atoms.